The Bertz CT molecular complexity index is 1070. The van der Waals surface area contributed by atoms with Gasteiger partial charge in [0.1, 0.15) is 10.6 Å². The lowest BCUT2D eigenvalue weighted by Gasteiger charge is -2.28. The van der Waals surface area contributed by atoms with Crippen LogP contribution in [0.3, 0.4) is 0 Å². The number of benzene rings is 2. The highest BCUT2D eigenvalue weighted by Gasteiger charge is 2.25. The van der Waals surface area contributed by atoms with Crippen LogP contribution in [0.5, 0.6) is 5.75 Å². The second kappa shape index (κ2) is 12.4. The van der Waals surface area contributed by atoms with Crippen molar-refractivity contribution >= 4 is 22.1 Å². The molecule has 0 aliphatic carbocycles. The molecular weight excluding hydrogens is 456 g/mol. The minimum absolute atomic E-state index is 0.0153. The van der Waals surface area contributed by atoms with E-state index in [0.29, 0.717) is 13.0 Å². The predicted octanol–water partition coefficient (Wildman–Crippen LogP) is 4.74. The van der Waals surface area contributed by atoms with Crippen LogP contribution in [0.25, 0.3) is 0 Å². The van der Waals surface area contributed by atoms with E-state index in [-0.39, 0.29) is 40.9 Å². The van der Waals surface area contributed by atoms with E-state index in [9.17, 15) is 18.0 Å². The SMILES string of the molecule is CCCCOC(=O)c1ccccc1S(=O)(=O)Oc1ccc(CN(C(=O)NC(C)C)C(C)C)cc1. The maximum Gasteiger partial charge on any atom is 0.340 e. The summed E-state index contributed by atoms with van der Waals surface area (Å²) < 4.78 is 36.3. The first kappa shape index (κ1) is 27.2. The second-order valence-electron chi connectivity index (χ2n) is 8.49. The Labute approximate surface area is 202 Å². The lowest BCUT2D eigenvalue weighted by molar-refractivity contribution is 0.0495. The second-order valence-corrected chi connectivity index (χ2v) is 10.0. The van der Waals surface area contributed by atoms with Crippen molar-refractivity contribution in [3.05, 3.63) is 59.7 Å². The van der Waals surface area contributed by atoms with Gasteiger partial charge in [0.15, 0.2) is 0 Å². The molecular formula is C25H34N2O6S. The molecule has 1 N–H and O–H groups in total. The Balaban J connectivity index is 2.16. The first-order valence-corrected chi connectivity index (χ1v) is 12.8. The van der Waals surface area contributed by atoms with Gasteiger partial charge in [0.2, 0.25) is 0 Å². The van der Waals surface area contributed by atoms with Crippen LogP contribution in [0.1, 0.15) is 63.4 Å². The highest BCUT2D eigenvalue weighted by molar-refractivity contribution is 7.87. The number of urea groups is 1. The zero-order chi connectivity index (χ0) is 25.3. The molecule has 186 valence electrons. The summed E-state index contributed by atoms with van der Waals surface area (Å²) in [5.41, 5.74) is 0.746. The fourth-order valence-electron chi connectivity index (χ4n) is 3.08. The molecule has 2 rings (SSSR count). The van der Waals surface area contributed by atoms with E-state index in [2.05, 4.69) is 5.32 Å². The molecule has 9 heteroatoms. The van der Waals surface area contributed by atoms with E-state index < -0.39 is 16.1 Å². The highest BCUT2D eigenvalue weighted by Crippen LogP contribution is 2.23. The van der Waals surface area contributed by atoms with Gasteiger partial charge in [-0.1, -0.05) is 37.6 Å². The van der Waals surface area contributed by atoms with Crippen molar-refractivity contribution in [1.29, 1.82) is 0 Å². The highest BCUT2D eigenvalue weighted by atomic mass is 32.2. The molecule has 0 saturated heterocycles. The van der Waals surface area contributed by atoms with Gasteiger partial charge in [-0.05, 0) is 63.9 Å². The van der Waals surface area contributed by atoms with Crippen LogP contribution in [-0.4, -0.2) is 44.0 Å². The zero-order valence-corrected chi connectivity index (χ0v) is 21.2. The maximum atomic E-state index is 12.9. The van der Waals surface area contributed by atoms with Gasteiger partial charge < -0.3 is 19.1 Å². The van der Waals surface area contributed by atoms with Crippen molar-refractivity contribution in [1.82, 2.24) is 10.2 Å². The van der Waals surface area contributed by atoms with Crippen molar-refractivity contribution in [2.75, 3.05) is 6.61 Å². The standard InChI is InChI=1S/C25H34N2O6S/c1-6-7-16-32-24(28)22-10-8-9-11-23(22)34(30,31)33-21-14-12-20(13-15-21)17-27(19(4)5)25(29)26-18(2)3/h8-15,18-19H,6-7,16-17H2,1-5H3,(H,26,29). The molecule has 0 saturated carbocycles. The minimum atomic E-state index is -4.27. The Hall–Kier alpha value is -3.07. The van der Waals surface area contributed by atoms with Gasteiger partial charge in [0, 0.05) is 18.6 Å². The summed E-state index contributed by atoms with van der Waals surface area (Å²) in [6.07, 6.45) is 1.54. The number of nitrogens with zero attached hydrogens (tertiary/aromatic N) is 1. The number of amides is 2. The predicted molar refractivity (Wildman–Crippen MR) is 130 cm³/mol. The normalized spacial score (nSPS) is 11.4. The van der Waals surface area contributed by atoms with Crippen molar-refractivity contribution < 1.29 is 26.9 Å². The molecule has 2 aromatic carbocycles. The lowest BCUT2D eigenvalue weighted by Crippen LogP contribution is -2.45. The molecule has 0 heterocycles. The average Bonchev–Trinajstić information content (AvgIpc) is 2.77. The summed E-state index contributed by atoms with van der Waals surface area (Å²) in [6.45, 7) is 10.2. The van der Waals surface area contributed by atoms with E-state index in [1.54, 1.807) is 23.1 Å². The molecule has 0 aliphatic heterocycles. The van der Waals surface area contributed by atoms with Gasteiger partial charge in [0.05, 0.1) is 12.2 Å². The van der Waals surface area contributed by atoms with E-state index in [1.807, 2.05) is 34.6 Å². The molecule has 0 atom stereocenters. The smallest absolute Gasteiger partial charge is 0.340 e. The summed E-state index contributed by atoms with van der Waals surface area (Å²) >= 11 is 0. The Morgan fingerprint density at radius 3 is 2.24 bits per heavy atom. The summed E-state index contributed by atoms with van der Waals surface area (Å²) in [5, 5.41) is 2.88. The Kier molecular flexibility index (Phi) is 9.92. The largest absolute Gasteiger partial charge is 0.462 e. The van der Waals surface area contributed by atoms with Crippen LogP contribution in [0, 0.1) is 0 Å². The molecule has 0 spiro atoms. The maximum absolute atomic E-state index is 12.9. The molecule has 34 heavy (non-hydrogen) atoms. The topological polar surface area (TPSA) is 102 Å². The molecule has 0 aromatic heterocycles. The van der Waals surface area contributed by atoms with E-state index in [0.717, 1.165) is 12.0 Å². The number of rotatable bonds is 11. The average molecular weight is 491 g/mol. The number of carbonyl (C=O) groups is 2. The van der Waals surface area contributed by atoms with Gasteiger partial charge in [-0.3, -0.25) is 0 Å². The van der Waals surface area contributed by atoms with Crippen LogP contribution in [-0.2, 0) is 21.4 Å². The quantitative estimate of drug-likeness (QED) is 0.277. The number of ether oxygens (including phenoxy) is 1. The van der Waals surface area contributed by atoms with Gasteiger partial charge in [-0.2, -0.15) is 8.42 Å². The fraction of sp³-hybridized carbons (Fsp3) is 0.440. The molecule has 0 fully saturated rings. The number of hydrogen-bond donors (Lipinski definition) is 1. The van der Waals surface area contributed by atoms with Crippen LogP contribution >= 0.6 is 0 Å². The van der Waals surface area contributed by atoms with Gasteiger partial charge in [-0.15, -0.1) is 0 Å². The van der Waals surface area contributed by atoms with Crippen LogP contribution in [0.2, 0.25) is 0 Å². The monoisotopic (exact) mass is 490 g/mol. The van der Waals surface area contributed by atoms with E-state index in [4.69, 9.17) is 8.92 Å². The summed E-state index contributed by atoms with van der Waals surface area (Å²) in [7, 11) is -4.27. The molecule has 0 aliphatic rings. The fourth-order valence-corrected chi connectivity index (χ4v) is 4.20. The molecule has 0 bridgehead atoms. The Morgan fingerprint density at radius 1 is 1.00 bits per heavy atom. The van der Waals surface area contributed by atoms with Crippen LogP contribution in [0.15, 0.2) is 53.4 Å². The number of unbranched alkanes of at least 4 members (excludes halogenated alkanes) is 1. The van der Waals surface area contributed by atoms with Crippen molar-refractivity contribution in [2.24, 2.45) is 0 Å². The van der Waals surface area contributed by atoms with E-state index in [1.165, 1.54) is 30.3 Å². The van der Waals surface area contributed by atoms with Crippen LogP contribution in [0.4, 0.5) is 4.79 Å². The van der Waals surface area contributed by atoms with Crippen molar-refractivity contribution in [3.8, 4) is 5.75 Å². The summed E-state index contributed by atoms with van der Waals surface area (Å²) in [5.74, 6) is -0.611. The van der Waals surface area contributed by atoms with Crippen molar-refractivity contribution in [3.63, 3.8) is 0 Å². The number of nitrogens with one attached hydrogen (secondary N) is 1. The van der Waals surface area contributed by atoms with Gasteiger partial charge in [0.25, 0.3) is 0 Å². The first-order valence-electron chi connectivity index (χ1n) is 11.4. The summed E-state index contributed by atoms with van der Waals surface area (Å²) in [4.78, 5) is 26.3. The van der Waals surface area contributed by atoms with Crippen LogP contribution < -0.4 is 9.50 Å². The van der Waals surface area contributed by atoms with Gasteiger partial charge >= 0.3 is 22.1 Å². The third-order valence-corrected chi connectivity index (χ3v) is 6.19. The molecule has 0 radical (unpaired) electrons. The summed E-state index contributed by atoms with van der Waals surface area (Å²) in [6, 6.07) is 12.1. The molecule has 2 aromatic rings. The van der Waals surface area contributed by atoms with Gasteiger partial charge in [-0.25, -0.2) is 9.59 Å². The number of carbonyl (C=O) groups excluding carboxylic acids is 2. The molecule has 0 unspecified atom stereocenters. The zero-order valence-electron chi connectivity index (χ0n) is 20.4. The third kappa shape index (κ3) is 7.76. The van der Waals surface area contributed by atoms with E-state index >= 15 is 0 Å². The lowest BCUT2D eigenvalue weighted by atomic mass is 10.2. The molecule has 8 nitrogen and oxygen atoms in total. The molecule has 2 amide bonds. The number of hydrogen-bond acceptors (Lipinski definition) is 6. The first-order chi connectivity index (χ1) is 16.0. The third-order valence-electron chi connectivity index (χ3n) is 4.89. The Morgan fingerprint density at radius 2 is 1.65 bits per heavy atom. The van der Waals surface area contributed by atoms with Crippen molar-refractivity contribution in [2.45, 2.75) is 71.0 Å². The minimum Gasteiger partial charge on any atom is -0.462 e. The number of esters is 1.